The van der Waals surface area contributed by atoms with Crippen LogP contribution in [0, 0.1) is 0 Å². The molecule has 0 unspecified atom stereocenters. The molecule has 160 valence electrons. The zero-order chi connectivity index (χ0) is 22.2. The van der Waals surface area contributed by atoms with Gasteiger partial charge < -0.3 is 18.9 Å². The Bertz CT molecular complexity index is 1040. The molecule has 10 heteroatoms. The molecule has 0 saturated heterocycles. The minimum Gasteiger partial charge on any atom is -0.481 e. The Balaban J connectivity index is 2.00. The average Bonchev–Trinajstić information content (AvgIpc) is 2.83. The van der Waals surface area contributed by atoms with Crippen molar-refractivity contribution in [3.63, 3.8) is 0 Å². The third-order valence-corrected chi connectivity index (χ3v) is 4.07. The summed E-state index contributed by atoms with van der Waals surface area (Å²) in [7, 11) is 3.99. The first kappa shape index (κ1) is 21.5. The highest BCUT2D eigenvalue weighted by Gasteiger charge is 2.29. The first-order chi connectivity index (χ1) is 15.1. The van der Waals surface area contributed by atoms with E-state index in [1.54, 1.807) is 6.07 Å². The molecular formula is C21H20N4O6. The van der Waals surface area contributed by atoms with Crippen molar-refractivity contribution in [3.8, 4) is 11.8 Å². The van der Waals surface area contributed by atoms with Gasteiger partial charge in [-0.2, -0.15) is 14.9 Å². The second-order valence-corrected chi connectivity index (χ2v) is 5.99. The normalized spacial score (nSPS) is 10.2. The topological polar surface area (TPSA) is 113 Å². The Kier molecular flexibility index (Phi) is 6.94. The zero-order valence-electron chi connectivity index (χ0n) is 17.1. The van der Waals surface area contributed by atoms with Gasteiger partial charge in [-0.1, -0.05) is 30.3 Å². The van der Waals surface area contributed by atoms with Gasteiger partial charge in [0.25, 0.3) is 0 Å². The Morgan fingerprint density at radius 2 is 1.61 bits per heavy atom. The number of benzene rings is 1. The molecule has 2 aromatic heterocycles. The van der Waals surface area contributed by atoms with Crippen LogP contribution in [-0.2, 0) is 16.1 Å². The van der Waals surface area contributed by atoms with E-state index < -0.39 is 12.1 Å². The smallest absolute Gasteiger partial charge is 0.422 e. The second-order valence-electron chi connectivity index (χ2n) is 5.99. The lowest BCUT2D eigenvalue weighted by Crippen LogP contribution is -2.30. The standard InChI is InChI=1S/C21H20N4O6/c1-28-16-12-17(29-2)24-20(23-16)25(21(27)30-3)18-15(10-7-11-22-18)19(26)31-13-14-8-5-4-6-9-14/h4-12H,13H2,1-3H3. The molecular weight excluding hydrogens is 404 g/mol. The van der Waals surface area contributed by atoms with Crippen molar-refractivity contribution in [2.45, 2.75) is 6.61 Å². The molecule has 0 bridgehead atoms. The summed E-state index contributed by atoms with van der Waals surface area (Å²) in [5.74, 6) is -0.628. The number of nitrogens with zero attached hydrogens (tertiary/aromatic N) is 4. The molecule has 10 nitrogen and oxygen atoms in total. The summed E-state index contributed by atoms with van der Waals surface area (Å²) in [5, 5.41) is 0. The Hall–Kier alpha value is -4.21. The number of methoxy groups -OCH3 is 3. The highest BCUT2D eigenvalue weighted by atomic mass is 16.5. The number of ether oxygens (including phenoxy) is 4. The van der Waals surface area contributed by atoms with Crippen molar-refractivity contribution in [3.05, 3.63) is 65.9 Å². The first-order valence-electron chi connectivity index (χ1n) is 9.08. The van der Waals surface area contributed by atoms with E-state index in [-0.39, 0.29) is 35.7 Å². The molecule has 3 aromatic rings. The SMILES string of the molecule is COC(=O)N(c1nc(OC)cc(OC)n1)c1ncccc1C(=O)OCc1ccccc1. The first-order valence-corrected chi connectivity index (χ1v) is 9.08. The van der Waals surface area contributed by atoms with Crippen LogP contribution in [0.25, 0.3) is 0 Å². The van der Waals surface area contributed by atoms with Crippen LogP contribution in [0.15, 0.2) is 54.7 Å². The molecule has 0 saturated carbocycles. The summed E-state index contributed by atoms with van der Waals surface area (Å²) in [6, 6.07) is 13.7. The third-order valence-electron chi connectivity index (χ3n) is 4.07. The lowest BCUT2D eigenvalue weighted by molar-refractivity contribution is 0.0473. The van der Waals surface area contributed by atoms with E-state index >= 15 is 0 Å². The van der Waals surface area contributed by atoms with Gasteiger partial charge in [0.1, 0.15) is 12.2 Å². The van der Waals surface area contributed by atoms with Gasteiger partial charge in [0.05, 0.1) is 27.4 Å². The van der Waals surface area contributed by atoms with Gasteiger partial charge >= 0.3 is 12.1 Å². The molecule has 31 heavy (non-hydrogen) atoms. The fraction of sp³-hybridized carbons (Fsp3) is 0.190. The molecule has 1 aromatic carbocycles. The maximum atomic E-state index is 12.8. The van der Waals surface area contributed by atoms with Crippen molar-refractivity contribution >= 4 is 23.8 Å². The number of esters is 1. The van der Waals surface area contributed by atoms with Crippen LogP contribution >= 0.6 is 0 Å². The lowest BCUT2D eigenvalue weighted by atomic mass is 10.2. The number of pyridine rings is 1. The van der Waals surface area contributed by atoms with Crippen LogP contribution < -0.4 is 14.4 Å². The number of carbonyl (C=O) groups is 2. The van der Waals surface area contributed by atoms with Gasteiger partial charge in [-0.25, -0.2) is 14.6 Å². The van der Waals surface area contributed by atoms with Crippen molar-refractivity contribution < 1.29 is 28.5 Å². The fourth-order valence-corrected chi connectivity index (χ4v) is 2.59. The molecule has 0 N–H and O–H groups in total. The van der Waals surface area contributed by atoms with E-state index in [1.165, 1.54) is 39.7 Å². The predicted octanol–water partition coefficient (Wildman–Crippen LogP) is 3.15. The number of amides is 1. The Morgan fingerprint density at radius 1 is 0.935 bits per heavy atom. The molecule has 0 aliphatic carbocycles. The summed E-state index contributed by atoms with van der Waals surface area (Å²) in [4.78, 5) is 38.8. The molecule has 0 spiro atoms. The van der Waals surface area contributed by atoms with Crippen LogP contribution in [0.2, 0.25) is 0 Å². The van der Waals surface area contributed by atoms with Crippen molar-refractivity contribution in [1.82, 2.24) is 15.0 Å². The van der Waals surface area contributed by atoms with Crippen LogP contribution in [-0.4, -0.2) is 48.3 Å². The highest BCUT2D eigenvalue weighted by Crippen LogP contribution is 2.29. The number of anilines is 2. The fourth-order valence-electron chi connectivity index (χ4n) is 2.59. The van der Waals surface area contributed by atoms with Crippen LogP contribution in [0.3, 0.4) is 0 Å². The number of hydrogen-bond donors (Lipinski definition) is 0. The van der Waals surface area contributed by atoms with Crippen LogP contribution in [0.1, 0.15) is 15.9 Å². The maximum absolute atomic E-state index is 12.8. The summed E-state index contributed by atoms with van der Waals surface area (Å²) >= 11 is 0. The molecule has 3 rings (SSSR count). The number of hydrogen-bond acceptors (Lipinski definition) is 9. The van der Waals surface area contributed by atoms with Gasteiger partial charge in [-0.05, 0) is 17.7 Å². The van der Waals surface area contributed by atoms with Gasteiger partial charge in [0.15, 0.2) is 5.82 Å². The average molecular weight is 424 g/mol. The maximum Gasteiger partial charge on any atom is 0.422 e. The highest BCUT2D eigenvalue weighted by molar-refractivity contribution is 6.02. The minimum atomic E-state index is -0.869. The number of carbonyl (C=O) groups excluding carboxylic acids is 2. The number of rotatable bonds is 7. The van der Waals surface area contributed by atoms with Crippen LogP contribution in [0.5, 0.6) is 11.8 Å². The monoisotopic (exact) mass is 424 g/mol. The lowest BCUT2D eigenvalue weighted by Gasteiger charge is -2.21. The molecule has 0 fully saturated rings. The summed E-state index contributed by atoms with van der Waals surface area (Å²) < 4.78 is 20.5. The van der Waals surface area contributed by atoms with E-state index in [4.69, 9.17) is 18.9 Å². The van der Waals surface area contributed by atoms with E-state index in [0.29, 0.717) is 0 Å². The van der Waals surface area contributed by atoms with E-state index in [2.05, 4.69) is 15.0 Å². The predicted molar refractivity (Wildman–Crippen MR) is 109 cm³/mol. The molecule has 0 radical (unpaired) electrons. The summed E-state index contributed by atoms with van der Waals surface area (Å²) in [6.07, 6.45) is 0.544. The largest absolute Gasteiger partial charge is 0.481 e. The Morgan fingerprint density at radius 3 is 2.23 bits per heavy atom. The van der Waals surface area contributed by atoms with Gasteiger partial charge in [0.2, 0.25) is 17.7 Å². The third kappa shape index (κ3) is 5.04. The summed E-state index contributed by atoms with van der Waals surface area (Å²) in [6.45, 7) is 0.0513. The minimum absolute atomic E-state index is 0.0224. The van der Waals surface area contributed by atoms with E-state index in [1.807, 2.05) is 30.3 Å². The van der Waals surface area contributed by atoms with Gasteiger partial charge in [-0.3, -0.25) is 0 Å². The molecule has 0 aliphatic heterocycles. The molecule has 1 amide bonds. The number of aromatic nitrogens is 3. The Labute approximate surface area is 178 Å². The van der Waals surface area contributed by atoms with Crippen molar-refractivity contribution in [2.75, 3.05) is 26.2 Å². The summed E-state index contributed by atoms with van der Waals surface area (Å²) in [5.41, 5.74) is 0.834. The zero-order valence-corrected chi connectivity index (χ0v) is 17.1. The molecule has 0 atom stereocenters. The van der Waals surface area contributed by atoms with Gasteiger partial charge in [-0.15, -0.1) is 0 Å². The molecule has 0 aliphatic rings. The second kappa shape index (κ2) is 10.0. The quantitative estimate of drug-likeness (QED) is 0.528. The van der Waals surface area contributed by atoms with Crippen molar-refractivity contribution in [1.29, 1.82) is 0 Å². The van der Waals surface area contributed by atoms with Crippen LogP contribution in [0.4, 0.5) is 16.6 Å². The van der Waals surface area contributed by atoms with E-state index in [9.17, 15) is 9.59 Å². The van der Waals surface area contributed by atoms with Gasteiger partial charge in [0, 0.05) is 6.20 Å². The van der Waals surface area contributed by atoms with Crippen molar-refractivity contribution in [2.24, 2.45) is 0 Å². The van der Waals surface area contributed by atoms with E-state index in [0.717, 1.165) is 10.5 Å². The molecule has 2 heterocycles.